The molecule has 2 aromatic rings. The van der Waals surface area contributed by atoms with Crippen molar-refractivity contribution >= 4 is 7.75 Å². The normalized spacial score (nSPS) is 15.7. The number of nitrogens with zero attached hydrogens (tertiary/aromatic N) is 1. The zero-order chi connectivity index (χ0) is 18.7. The summed E-state index contributed by atoms with van der Waals surface area (Å²) in [5.41, 5.74) is 3.74. The Morgan fingerprint density at radius 3 is 1.58 bits per heavy atom. The van der Waals surface area contributed by atoms with E-state index in [-0.39, 0.29) is 0 Å². The van der Waals surface area contributed by atoms with Crippen LogP contribution >= 0.6 is 7.75 Å². The van der Waals surface area contributed by atoms with Gasteiger partial charge in [0.2, 0.25) is 0 Å². The highest BCUT2D eigenvalue weighted by Crippen LogP contribution is 2.54. The maximum atomic E-state index is 13.9. The summed E-state index contributed by atoms with van der Waals surface area (Å²) in [5, 5.41) is 0. The van der Waals surface area contributed by atoms with E-state index in [9.17, 15) is 4.57 Å². The van der Waals surface area contributed by atoms with Crippen molar-refractivity contribution in [2.45, 2.75) is 27.7 Å². The van der Waals surface area contributed by atoms with E-state index in [1.54, 1.807) is 4.67 Å². The summed E-state index contributed by atoms with van der Waals surface area (Å²) < 4.78 is 33.4. The van der Waals surface area contributed by atoms with E-state index < -0.39 is 7.75 Å². The van der Waals surface area contributed by atoms with Gasteiger partial charge in [-0.25, -0.2) is 4.57 Å². The number of para-hydroxylation sites is 2. The van der Waals surface area contributed by atoms with Crippen LogP contribution in [0, 0.1) is 27.7 Å². The predicted molar refractivity (Wildman–Crippen MR) is 103 cm³/mol. The fourth-order valence-electron chi connectivity index (χ4n) is 3.05. The van der Waals surface area contributed by atoms with Gasteiger partial charge in [0, 0.05) is 13.1 Å². The third kappa shape index (κ3) is 3.96. The highest BCUT2D eigenvalue weighted by molar-refractivity contribution is 7.52. The molecule has 0 spiro atoms. The zero-order valence-corrected chi connectivity index (χ0v) is 16.7. The molecular formula is C20H26NO4P. The first-order valence-corrected chi connectivity index (χ1v) is 10.3. The molecule has 0 saturated carbocycles. The second-order valence-electron chi connectivity index (χ2n) is 6.66. The highest BCUT2D eigenvalue weighted by Gasteiger charge is 2.39. The molecule has 0 aromatic heterocycles. The van der Waals surface area contributed by atoms with Crippen LogP contribution in [-0.2, 0) is 9.30 Å². The molecule has 0 unspecified atom stereocenters. The molecule has 26 heavy (non-hydrogen) atoms. The molecule has 2 aromatic carbocycles. The molecule has 1 aliphatic heterocycles. The Labute approximate surface area is 155 Å². The van der Waals surface area contributed by atoms with E-state index in [4.69, 9.17) is 13.8 Å². The Balaban J connectivity index is 2.01. The summed E-state index contributed by atoms with van der Waals surface area (Å²) in [5.74, 6) is 1.24. The monoisotopic (exact) mass is 375 g/mol. The van der Waals surface area contributed by atoms with Crippen LogP contribution in [0.5, 0.6) is 11.5 Å². The van der Waals surface area contributed by atoms with E-state index in [1.807, 2.05) is 64.1 Å². The second-order valence-corrected chi connectivity index (χ2v) is 8.53. The number of aryl methyl sites for hydroxylation is 4. The lowest BCUT2D eigenvalue weighted by Gasteiger charge is -2.33. The highest BCUT2D eigenvalue weighted by atomic mass is 31.2. The van der Waals surface area contributed by atoms with Gasteiger partial charge in [0.1, 0.15) is 11.5 Å². The summed E-state index contributed by atoms with van der Waals surface area (Å²) in [6.07, 6.45) is 0. The minimum Gasteiger partial charge on any atom is -0.404 e. The summed E-state index contributed by atoms with van der Waals surface area (Å²) >= 11 is 0. The molecule has 0 amide bonds. The smallest absolute Gasteiger partial charge is 0.404 e. The third-order valence-electron chi connectivity index (χ3n) is 4.56. The zero-order valence-electron chi connectivity index (χ0n) is 15.8. The van der Waals surface area contributed by atoms with Crippen molar-refractivity contribution in [3.05, 3.63) is 58.7 Å². The fraction of sp³-hybridized carbons (Fsp3) is 0.400. The van der Waals surface area contributed by atoms with Gasteiger partial charge in [-0.05, 0) is 49.9 Å². The first-order valence-electron chi connectivity index (χ1n) is 8.85. The van der Waals surface area contributed by atoms with Crippen LogP contribution in [0.4, 0.5) is 0 Å². The minimum absolute atomic E-state index is 0.507. The number of morpholine rings is 1. The predicted octanol–water partition coefficient (Wildman–Crippen LogP) is 4.82. The molecule has 6 heteroatoms. The molecule has 1 fully saturated rings. The molecule has 5 nitrogen and oxygen atoms in total. The Hall–Kier alpha value is -1.81. The molecule has 0 bridgehead atoms. The number of hydrogen-bond acceptors (Lipinski definition) is 4. The SMILES string of the molecule is Cc1cccc(C)c1OP(=O)(Oc1c(C)cccc1C)N1CCOCC1. The molecule has 0 atom stereocenters. The molecule has 140 valence electrons. The van der Waals surface area contributed by atoms with Gasteiger partial charge in [0.25, 0.3) is 0 Å². The Morgan fingerprint density at radius 1 is 0.808 bits per heavy atom. The Morgan fingerprint density at radius 2 is 1.19 bits per heavy atom. The van der Waals surface area contributed by atoms with Crippen molar-refractivity contribution < 1.29 is 18.3 Å². The standard InChI is InChI=1S/C20H26NO4P/c1-15-7-5-8-16(2)19(15)24-26(22,21-11-13-23-14-12-21)25-20-17(3)9-6-10-18(20)4/h5-10H,11-14H2,1-4H3. The van der Waals surface area contributed by atoms with E-state index in [0.717, 1.165) is 22.3 Å². The topological polar surface area (TPSA) is 48.0 Å². The first kappa shape index (κ1) is 19.0. The van der Waals surface area contributed by atoms with Gasteiger partial charge in [-0.15, -0.1) is 0 Å². The summed E-state index contributed by atoms with van der Waals surface area (Å²) in [7, 11) is -3.59. The van der Waals surface area contributed by atoms with E-state index in [0.29, 0.717) is 37.8 Å². The number of ether oxygens (including phenoxy) is 1. The Bertz CT molecular complexity index is 733. The first-order chi connectivity index (χ1) is 12.4. The average molecular weight is 375 g/mol. The molecule has 1 heterocycles. The van der Waals surface area contributed by atoms with Crippen molar-refractivity contribution in [1.82, 2.24) is 4.67 Å². The molecule has 1 saturated heterocycles. The van der Waals surface area contributed by atoms with E-state index >= 15 is 0 Å². The lowest BCUT2D eigenvalue weighted by Crippen LogP contribution is -2.36. The van der Waals surface area contributed by atoms with Gasteiger partial charge in [-0.2, -0.15) is 4.67 Å². The van der Waals surface area contributed by atoms with Crippen LogP contribution in [-0.4, -0.2) is 31.0 Å². The van der Waals surface area contributed by atoms with Crippen LogP contribution in [0.3, 0.4) is 0 Å². The third-order valence-corrected chi connectivity index (χ3v) is 6.48. The summed E-state index contributed by atoms with van der Waals surface area (Å²) in [4.78, 5) is 0. The van der Waals surface area contributed by atoms with Crippen LogP contribution in [0.15, 0.2) is 36.4 Å². The van der Waals surface area contributed by atoms with E-state index in [1.165, 1.54) is 0 Å². The largest absolute Gasteiger partial charge is 0.515 e. The van der Waals surface area contributed by atoms with Crippen LogP contribution in [0.25, 0.3) is 0 Å². The summed E-state index contributed by atoms with van der Waals surface area (Å²) in [6, 6.07) is 11.7. The van der Waals surface area contributed by atoms with Gasteiger partial charge in [-0.3, -0.25) is 0 Å². The van der Waals surface area contributed by atoms with Gasteiger partial charge in [0.15, 0.2) is 0 Å². The van der Waals surface area contributed by atoms with Crippen molar-refractivity contribution in [2.24, 2.45) is 0 Å². The molecule has 0 aliphatic carbocycles. The van der Waals surface area contributed by atoms with Crippen LogP contribution < -0.4 is 9.05 Å². The lowest BCUT2D eigenvalue weighted by molar-refractivity contribution is 0.0627. The quantitative estimate of drug-likeness (QED) is 0.702. The maximum Gasteiger partial charge on any atom is 0.515 e. The van der Waals surface area contributed by atoms with Gasteiger partial charge in [-0.1, -0.05) is 36.4 Å². The van der Waals surface area contributed by atoms with Crippen LogP contribution in [0.1, 0.15) is 22.3 Å². The van der Waals surface area contributed by atoms with E-state index in [2.05, 4.69) is 0 Å². The summed E-state index contributed by atoms with van der Waals surface area (Å²) in [6.45, 7) is 9.83. The fourth-order valence-corrected chi connectivity index (χ4v) is 5.01. The van der Waals surface area contributed by atoms with Crippen molar-refractivity contribution in [2.75, 3.05) is 26.3 Å². The van der Waals surface area contributed by atoms with Gasteiger partial charge >= 0.3 is 7.75 Å². The van der Waals surface area contributed by atoms with Crippen molar-refractivity contribution in [3.63, 3.8) is 0 Å². The van der Waals surface area contributed by atoms with Crippen molar-refractivity contribution in [1.29, 1.82) is 0 Å². The number of benzene rings is 2. The lowest BCUT2D eigenvalue weighted by atomic mass is 10.1. The van der Waals surface area contributed by atoms with Gasteiger partial charge < -0.3 is 13.8 Å². The number of rotatable bonds is 5. The van der Waals surface area contributed by atoms with Crippen LogP contribution in [0.2, 0.25) is 0 Å². The number of hydrogen-bond donors (Lipinski definition) is 0. The second kappa shape index (κ2) is 7.83. The molecule has 3 rings (SSSR count). The average Bonchev–Trinajstić information content (AvgIpc) is 2.62. The maximum absolute atomic E-state index is 13.9. The molecule has 0 radical (unpaired) electrons. The van der Waals surface area contributed by atoms with Gasteiger partial charge in [0.05, 0.1) is 13.2 Å². The molecular weight excluding hydrogens is 349 g/mol. The van der Waals surface area contributed by atoms with Crippen molar-refractivity contribution in [3.8, 4) is 11.5 Å². The Kier molecular flexibility index (Phi) is 5.71. The molecule has 0 N–H and O–H groups in total. The minimum atomic E-state index is -3.59. The molecule has 1 aliphatic rings.